The quantitative estimate of drug-likeness (QED) is 0.582. The van der Waals surface area contributed by atoms with E-state index in [1.54, 1.807) is 44.4 Å². The SMILES string of the molecule is CCOC(=O)c1c(C)c(C(=O)Nc2ccc(C)c(F)c2)c(C)n1Cc1ccccc1. The predicted molar refractivity (Wildman–Crippen MR) is 114 cm³/mol. The van der Waals surface area contributed by atoms with Gasteiger partial charge in [0.25, 0.3) is 5.91 Å². The summed E-state index contributed by atoms with van der Waals surface area (Å²) in [4.78, 5) is 25.7. The Hall–Kier alpha value is -3.41. The van der Waals surface area contributed by atoms with Gasteiger partial charge in [-0.1, -0.05) is 36.4 Å². The van der Waals surface area contributed by atoms with Gasteiger partial charge in [0.2, 0.25) is 0 Å². The highest BCUT2D eigenvalue weighted by molar-refractivity contribution is 6.08. The average molecular weight is 408 g/mol. The van der Waals surface area contributed by atoms with E-state index in [9.17, 15) is 14.0 Å². The maximum Gasteiger partial charge on any atom is 0.355 e. The summed E-state index contributed by atoms with van der Waals surface area (Å²) in [5.41, 5.74) is 3.76. The number of rotatable bonds is 6. The van der Waals surface area contributed by atoms with E-state index in [1.807, 2.05) is 30.3 Å². The number of carbonyl (C=O) groups excluding carboxylic acids is 2. The van der Waals surface area contributed by atoms with Gasteiger partial charge in [-0.05, 0) is 56.5 Å². The van der Waals surface area contributed by atoms with Crippen molar-refractivity contribution < 1.29 is 18.7 Å². The molecule has 1 heterocycles. The van der Waals surface area contributed by atoms with Crippen LogP contribution in [0.4, 0.5) is 10.1 Å². The molecule has 30 heavy (non-hydrogen) atoms. The number of amides is 1. The fourth-order valence-corrected chi connectivity index (χ4v) is 3.52. The van der Waals surface area contributed by atoms with Gasteiger partial charge in [-0.3, -0.25) is 4.79 Å². The number of aromatic nitrogens is 1. The van der Waals surface area contributed by atoms with Crippen LogP contribution in [-0.2, 0) is 11.3 Å². The first-order valence-corrected chi connectivity index (χ1v) is 9.81. The van der Waals surface area contributed by atoms with E-state index in [-0.39, 0.29) is 6.61 Å². The Morgan fingerprint density at radius 2 is 1.77 bits per heavy atom. The summed E-state index contributed by atoms with van der Waals surface area (Å²) in [5.74, 6) is -1.27. The van der Waals surface area contributed by atoms with E-state index in [2.05, 4.69) is 5.32 Å². The number of nitrogens with zero attached hydrogens (tertiary/aromatic N) is 1. The zero-order valence-electron chi connectivity index (χ0n) is 17.6. The molecule has 3 rings (SSSR count). The third-order valence-electron chi connectivity index (χ3n) is 5.08. The Kier molecular flexibility index (Phi) is 6.35. The molecule has 156 valence electrons. The fraction of sp³-hybridized carbons (Fsp3) is 0.250. The minimum absolute atomic E-state index is 0.234. The molecule has 0 spiro atoms. The molecule has 1 aromatic heterocycles. The Bertz CT molecular complexity index is 1090. The van der Waals surface area contributed by atoms with Gasteiger partial charge >= 0.3 is 5.97 Å². The molecule has 0 aliphatic rings. The Morgan fingerprint density at radius 1 is 1.07 bits per heavy atom. The standard InChI is InChI=1S/C24H25FN2O3/c1-5-30-24(29)22-16(3)21(17(4)27(22)14-18-9-7-6-8-10-18)23(28)26-19-12-11-15(2)20(25)13-19/h6-13H,5,14H2,1-4H3,(H,26,28). The van der Waals surface area contributed by atoms with Gasteiger partial charge in [0, 0.05) is 17.9 Å². The Balaban J connectivity index is 2.03. The van der Waals surface area contributed by atoms with Gasteiger partial charge in [0.1, 0.15) is 11.5 Å². The van der Waals surface area contributed by atoms with Crippen LogP contribution in [0.5, 0.6) is 0 Å². The Labute approximate surface area is 175 Å². The van der Waals surface area contributed by atoms with Crippen LogP contribution in [0.15, 0.2) is 48.5 Å². The number of ether oxygens (including phenoxy) is 1. The first kappa shape index (κ1) is 21.3. The second-order valence-corrected chi connectivity index (χ2v) is 7.14. The number of anilines is 1. The average Bonchev–Trinajstić information content (AvgIpc) is 2.95. The molecule has 1 N–H and O–H groups in total. The normalized spacial score (nSPS) is 10.7. The first-order valence-electron chi connectivity index (χ1n) is 9.81. The third-order valence-corrected chi connectivity index (χ3v) is 5.08. The maximum absolute atomic E-state index is 13.9. The highest BCUT2D eigenvalue weighted by atomic mass is 19.1. The highest BCUT2D eigenvalue weighted by Gasteiger charge is 2.27. The van der Waals surface area contributed by atoms with E-state index < -0.39 is 17.7 Å². The van der Waals surface area contributed by atoms with Crippen LogP contribution in [0, 0.1) is 26.6 Å². The molecule has 0 fully saturated rings. The molecule has 0 radical (unpaired) electrons. The lowest BCUT2D eigenvalue weighted by Crippen LogP contribution is -2.15. The molecule has 1 amide bonds. The summed E-state index contributed by atoms with van der Waals surface area (Å²) in [5, 5.41) is 2.74. The summed E-state index contributed by atoms with van der Waals surface area (Å²) < 4.78 is 20.9. The van der Waals surface area contributed by atoms with E-state index >= 15 is 0 Å². The first-order chi connectivity index (χ1) is 14.3. The van der Waals surface area contributed by atoms with Crippen molar-refractivity contribution in [2.45, 2.75) is 34.2 Å². The molecule has 2 aromatic carbocycles. The van der Waals surface area contributed by atoms with Crippen LogP contribution < -0.4 is 5.32 Å². The molecule has 6 heteroatoms. The maximum atomic E-state index is 13.9. The predicted octanol–water partition coefficient (Wildman–Crippen LogP) is 5.03. The van der Waals surface area contributed by atoms with Crippen molar-refractivity contribution in [2.24, 2.45) is 0 Å². The summed E-state index contributed by atoms with van der Waals surface area (Å²) in [6.45, 7) is 7.58. The number of carbonyl (C=O) groups is 2. The number of esters is 1. The molecule has 3 aromatic rings. The van der Waals surface area contributed by atoms with Crippen molar-refractivity contribution in [1.82, 2.24) is 4.57 Å². The van der Waals surface area contributed by atoms with Gasteiger partial charge in [-0.2, -0.15) is 0 Å². The lowest BCUT2D eigenvalue weighted by atomic mass is 10.1. The second-order valence-electron chi connectivity index (χ2n) is 7.14. The molecule has 0 aliphatic heterocycles. The zero-order valence-corrected chi connectivity index (χ0v) is 17.6. The van der Waals surface area contributed by atoms with Gasteiger partial charge in [0.15, 0.2) is 0 Å². The van der Waals surface area contributed by atoms with Crippen LogP contribution in [-0.4, -0.2) is 23.1 Å². The number of halogens is 1. The lowest BCUT2D eigenvalue weighted by Gasteiger charge is -2.12. The monoisotopic (exact) mass is 408 g/mol. The van der Waals surface area contributed by atoms with Crippen molar-refractivity contribution in [2.75, 3.05) is 11.9 Å². The van der Waals surface area contributed by atoms with Crippen molar-refractivity contribution in [1.29, 1.82) is 0 Å². The van der Waals surface area contributed by atoms with Crippen LogP contribution in [0.25, 0.3) is 0 Å². The highest BCUT2D eigenvalue weighted by Crippen LogP contribution is 2.26. The van der Waals surface area contributed by atoms with Gasteiger partial charge in [0.05, 0.1) is 12.2 Å². The van der Waals surface area contributed by atoms with Crippen LogP contribution in [0.1, 0.15) is 50.2 Å². The summed E-state index contributed by atoms with van der Waals surface area (Å²) >= 11 is 0. The van der Waals surface area contributed by atoms with E-state index in [4.69, 9.17) is 4.74 Å². The molecule has 5 nitrogen and oxygen atoms in total. The number of aryl methyl sites for hydroxylation is 1. The molecule has 0 bridgehead atoms. The summed E-state index contributed by atoms with van der Waals surface area (Å²) in [7, 11) is 0. The number of nitrogens with one attached hydrogen (secondary N) is 1. The number of hydrogen-bond acceptors (Lipinski definition) is 3. The van der Waals surface area contributed by atoms with E-state index in [0.29, 0.717) is 40.3 Å². The molecule has 0 atom stereocenters. The van der Waals surface area contributed by atoms with Crippen LogP contribution in [0.2, 0.25) is 0 Å². The van der Waals surface area contributed by atoms with Crippen molar-refractivity contribution in [3.63, 3.8) is 0 Å². The Morgan fingerprint density at radius 3 is 2.40 bits per heavy atom. The number of hydrogen-bond donors (Lipinski definition) is 1. The van der Waals surface area contributed by atoms with Crippen molar-refractivity contribution in [3.8, 4) is 0 Å². The minimum atomic E-state index is -0.477. The fourth-order valence-electron chi connectivity index (χ4n) is 3.52. The van der Waals surface area contributed by atoms with Gasteiger partial charge in [-0.25, -0.2) is 9.18 Å². The molecular weight excluding hydrogens is 383 g/mol. The third kappa shape index (κ3) is 4.27. The molecule has 0 aliphatic carbocycles. The smallest absolute Gasteiger partial charge is 0.355 e. The van der Waals surface area contributed by atoms with Gasteiger partial charge in [-0.15, -0.1) is 0 Å². The van der Waals surface area contributed by atoms with E-state index in [0.717, 1.165) is 5.56 Å². The van der Waals surface area contributed by atoms with Crippen molar-refractivity contribution in [3.05, 3.63) is 88.0 Å². The molecule has 0 saturated heterocycles. The van der Waals surface area contributed by atoms with E-state index in [1.165, 1.54) is 6.07 Å². The van der Waals surface area contributed by atoms with Gasteiger partial charge < -0.3 is 14.6 Å². The zero-order chi connectivity index (χ0) is 21.8. The number of benzene rings is 2. The lowest BCUT2D eigenvalue weighted by molar-refractivity contribution is 0.0513. The largest absolute Gasteiger partial charge is 0.461 e. The molecular formula is C24H25FN2O3. The van der Waals surface area contributed by atoms with Crippen LogP contribution >= 0.6 is 0 Å². The molecule has 0 unspecified atom stereocenters. The minimum Gasteiger partial charge on any atom is -0.461 e. The topological polar surface area (TPSA) is 60.3 Å². The summed E-state index contributed by atoms with van der Waals surface area (Å²) in [6, 6.07) is 14.2. The molecule has 0 saturated carbocycles. The summed E-state index contributed by atoms with van der Waals surface area (Å²) in [6.07, 6.45) is 0. The van der Waals surface area contributed by atoms with Crippen LogP contribution in [0.3, 0.4) is 0 Å². The second kappa shape index (κ2) is 8.95. The van der Waals surface area contributed by atoms with Crippen molar-refractivity contribution >= 4 is 17.6 Å².